The summed E-state index contributed by atoms with van der Waals surface area (Å²) < 4.78 is 0. The van der Waals surface area contributed by atoms with Gasteiger partial charge in [0.15, 0.2) is 11.4 Å². The normalized spacial score (nSPS) is 9.44. The Morgan fingerprint density at radius 1 is 0.778 bits per heavy atom. The van der Waals surface area contributed by atoms with Crippen molar-refractivity contribution in [1.29, 1.82) is 0 Å². The standard InChI is InChI=1S/C16H12N2/c1-17-15-11-8-13(9-12-15)7-10-14-5-3-4-6-16(14)18-2/h3-6,8-9,11-12H,7,10H2. The molecule has 0 fully saturated rings. The van der Waals surface area contributed by atoms with E-state index in [0.29, 0.717) is 5.69 Å². The zero-order chi connectivity index (χ0) is 12.8. The van der Waals surface area contributed by atoms with Crippen molar-refractivity contribution in [2.45, 2.75) is 12.8 Å². The second kappa shape index (κ2) is 5.66. The van der Waals surface area contributed by atoms with Crippen LogP contribution < -0.4 is 0 Å². The van der Waals surface area contributed by atoms with Gasteiger partial charge in [-0.3, -0.25) is 0 Å². The third-order valence-electron chi connectivity index (χ3n) is 2.86. The highest BCUT2D eigenvalue weighted by Crippen LogP contribution is 2.21. The Morgan fingerprint density at radius 2 is 1.50 bits per heavy atom. The fourth-order valence-corrected chi connectivity index (χ4v) is 1.85. The molecule has 0 heterocycles. The van der Waals surface area contributed by atoms with Gasteiger partial charge in [0.25, 0.3) is 0 Å². The van der Waals surface area contributed by atoms with Gasteiger partial charge < -0.3 is 0 Å². The van der Waals surface area contributed by atoms with Crippen LogP contribution in [0.4, 0.5) is 11.4 Å². The van der Waals surface area contributed by atoms with E-state index < -0.39 is 0 Å². The van der Waals surface area contributed by atoms with Crippen molar-refractivity contribution in [1.82, 2.24) is 0 Å². The molecule has 86 valence electrons. The number of hydrogen-bond donors (Lipinski definition) is 0. The molecule has 0 saturated carbocycles. The molecule has 0 radical (unpaired) electrons. The fraction of sp³-hybridized carbons (Fsp3) is 0.125. The minimum Gasteiger partial charge on any atom is -0.238 e. The number of para-hydroxylation sites is 1. The SMILES string of the molecule is [C-]#[N+]c1ccc(CCc2ccccc2[N+]#[C-])cc1. The van der Waals surface area contributed by atoms with Gasteiger partial charge in [0.2, 0.25) is 0 Å². The van der Waals surface area contributed by atoms with E-state index in [0.717, 1.165) is 24.1 Å². The lowest BCUT2D eigenvalue weighted by Crippen LogP contribution is -1.90. The minimum atomic E-state index is 0.667. The highest BCUT2D eigenvalue weighted by atomic mass is 14.6. The van der Waals surface area contributed by atoms with Crippen molar-refractivity contribution in [3.8, 4) is 0 Å². The first-order chi connectivity index (χ1) is 8.83. The first-order valence-electron chi connectivity index (χ1n) is 5.75. The van der Waals surface area contributed by atoms with Crippen LogP contribution in [0.15, 0.2) is 48.5 Å². The van der Waals surface area contributed by atoms with E-state index >= 15 is 0 Å². The van der Waals surface area contributed by atoms with Crippen LogP contribution >= 0.6 is 0 Å². The molecule has 0 saturated heterocycles. The topological polar surface area (TPSA) is 8.72 Å². The van der Waals surface area contributed by atoms with Gasteiger partial charge in [0.05, 0.1) is 13.1 Å². The lowest BCUT2D eigenvalue weighted by Gasteiger charge is -2.04. The van der Waals surface area contributed by atoms with Gasteiger partial charge >= 0.3 is 0 Å². The summed E-state index contributed by atoms with van der Waals surface area (Å²) in [5.41, 5.74) is 3.68. The van der Waals surface area contributed by atoms with Crippen LogP contribution in [0.3, 0.4) is 0 Å². The van der Waals surface area contributed by atoms with E-state index in [4.69, 9.17) is 13.1 Å². The summed E-state index contributed by atoms with van der Waals surface area (Å²) in [5.74, 6) is 0. The minimum absolute atomic E-state index is 0.667. The Hall–Kier alpha value is -2.58. The van der Waals surface area contributed by atoms with Crippen LogP contribution in [0.1, 0.15) is 11.1 Å². The average Bonchev–Trinajstić information content (AvgIpc) is 2.46. The first kappa shape index (κ1) is 11.9. The van der Waals surface area contributed by atoms with E-state index in [1.807, 2.05) is 48.5 Å². The molecule has 0 aromatic heterocycles. The summed E-state index contributed by atoms with van der Waals surface area (Å²) in [6, 6.07) is 15.3. The monoisotopic (exact) mass is 232 g/mol. The molecule has 2 nitrogen and oxygen atoms in total. The van der Waals surface area contributed by atoms with Gasteiger partial charge in [-0.1, -0.05) is 54.1 Å². The number of aryl methyl sites for hydroxylation is 2. The van der Waals surface area contributed by atoms with Crippen LogP contribution in [-0.4, -0.2) is 0 Å². The van der Waals surface area contributed by atoms with Gasteiger partial charge in [-0.25, -0.2) is 9.69 Å². The van der Waals surface area contributed by atoms with E-state index in [2.05, 4.69) is 9.69 Å². The zero-order valence-corrected chi connectivity index (χ0v) is 9.93. The lowest BCUT2D eigenvalue weighted by molar-refractivity contribution is 0.965. The van der Waals surface area contributed by atoms with Crippen molar-refractivity contribution in [2.24, 2.45) is 0 Å². The second-order valence-corrected chi connectivity index (χ2v) is 4.02. The molecule has 0 aliphatic heterocycles. The fourth-order valence-electron chi connectivity index (χ4n) is 1.85. The molecule has 0 unspecified atom stereocenters. The van der Waals surface area contributed by atoms with E-state index in [-0.39, 0.29) is 0 Å². The third-order valence-corrected chi connectivity index (χ3v) is 2.86. The molecule has 0 amide bonds. The van der Waals surface area contributed by atoms with E-state index in [1.54, 1.807) is 0 Å². The Balaban J connectivity index is 2.07. The van der Waals surface area contributed by atoms with Gasteiger partial charge in [-0.15, -0.1) is 0 Å². The highest BCUT2D eigenvalue weighted by Gasteiger charge is 2.01. The summed E-state index contributed by atoms with van der Waals surface area (Å²) >= 11 is 0. The van der Waals surface area contributed by atoms with Crippen LogP contribution in [-0.2, 0) is 12.8 Å². The molecule has 2 heteroatoms. The summed E-state index contributed by atoms with van der Waals surface area (Å²) in [4.78, 5) is 6.89. The Kier molecular flexibility index (Phi) is 3.74. The number of nitrogens with zero attached hydrogens (tertiary/aromatic N) is 2. The van der Waals surface area contributed by atoms with Crippen LogP contribution in [0.2, 0.25) is 0 Å². The van der Waals surface area contributed by atoms with Crippen molar-refractivity contribution in [3.63, 3.8) is 0 Å². The van der Waals surface area contributed by atoms with Crippen LogP contribution in [0.25, 0.3) is 9.69 Å². The highest BCUT2D eigenvalue weighted by molar-refractivity contribution is 5.52. The largest absolute Gasteiger partial charge is 0.238 e. The van der Waals surface area contributed by atoms with Gasteiger partial charge in [0.1, 0.15) is 0 Å². The maximum absolute atomic E-state index is 7.11. The van der Waals surface area contributed by atoms with Crippen molar-refractivity contribution < 1.29 is 0 Å². The summed E-state index contributed by atoms with van der Waals surface area (Å²) in [7, 11) is 0. The van der Waals surface area contributed by atoms with Crippen LogP contribution in [0, 0.1) is 13.1 Å². The average molecular weight is 232 g/mol. The van der Waals surface area contributed by atoms with Gasteiger partial charge in [-0.2, -0.15) is 0 Å². The molecule has 0 N–H and O–H groups in total. The van der Waals surface area contributed by atoms with Crippen molar-refractivity contribution in [3.05, 3.63) is 82.5 Å². The maximum Gasteiger partial charge on any atom is 0.190 e. The predicted octanol–water partition coefficient (Wildman–Crippen LogP) is 4.57. The van der Waals surface area contributed by atoms with Crippen molar-refractivity contribution in [2.75, 3.05) is 0 Å². The van der Waals surface area contributed by atoms with Gasteiger partial charge in [-0.05, 0) is 18.4 Å². The first-order valence-corrected chi connectivity index (χ1v) is 5.75. The molecule has 18 heavy (non-hydrogen) atoms. The molecule has 2 aromatic rings. The van der Waals surface area contributed by atoms with Crippen molar-refractivity contribution >= 4 is 11.4 Å². The quantitative estimate of drug-likeness (QED) is 0.685. The predicted molar refractivity (Wildman–Crippen MR) is 72.8 cm³/mol. The zero-order valence-electron chi connectivity index (χ0n) is 9.93. The van der Waals surface area contributed by atoms with E-state index in [1.165, 1.54) is 5.56 Å². The summed E-state index contributed by atoms with van der Waals surface area (Å²) in [6.07, 6.45) is 1.75. The maximum atomic E-state index is 7.11. The van der Waals surface area contributed by atoms with E-state index in [9.17, 15) is 0 Å². The smallest absolute Gasteiger partial charge is 0.190 e. The molecule has 0 spiro atoms. The third kappa shape index (κ3) is 2.75. The number of benzene rings is 2. The molecule has 2 aromatic carbocycles. The molecule has 0 aliphatic carbocycles. The number of rotatable bonds is 3. The lowest BCUT2D eigenvalue weighted by atomic mass is 10.0. The van der Waals surface area contributed by atoms with Crippen LogP contribution in [0.5, 0.6) is 0 Å². The Morgan fingerprint density at radius 3 is 2.17 bits per heavy atom. The molecule has 2 rings (SSSR count). The summed E-state index contributed by atoms with van der Waals surface area (Å²) in [5, 5.41) is 0. The molecule has 0 atom stereocenters. The molecule has 0 aliphatic rings. The van der Waals surface area contributed by atoms with Gasteiger partial charge in [0, 0.05) is 0 Å². The second-order valence-electron chi connectivity index (χ2n) is 4.02. The number of hydrogen-bond acceptors (Lipinski definition) is 0. The Bertz CT molecular complexity index is 613. The molecular weight excluding hydrogens is 220 g/mol. The Labute approximate surface area is 107 Å². The summed E-state index contributed by atoms with van der Waals surface area (Å²) in [6.45, 7) is 14.0. The molecule has 0 bridgehead atoms. The molecular formula is C16H12N2.